The summed E-state index contributed by atoms with van der Waals surface area (Å²) in [5, 5.41) is 17.3. The van der Waals surface area contributed by atoms with Crippen LogP contribution >= 0.6 is 11.3 Å². The highest BCUT2D eigenvalue weighted by Gasteiger charge is 2.17. The Kier molecular flexibility index (Phi) is 3.96. The first-order valence-electron chi connectivity index (χ1n) is 7.06. The van der Waals surface area contributed by atoms with Gasteiger partial charge < -0.3 is 10.4 Å². The van der Waals surface area contributed by atoms with Gasteiger partial charge in [0.1, 0.15) is 4.83 Å². The Balaban J connectivity index is 2.02. The average molecular weight is 315 g/mol. The van der Waals surface area contributed by atoms with E-state index in [0.29, 0.717) is 4.88 Å². The third-order valence-corrected chi connectivity index (χ3v) is 4.53. The van der Waals surface area contributed by atoms with E-state index in [4.69, 9.17) is 5.11 Å². The van der Waals surface area contributed by atoms with Crippen molar-refractivity contribution in [2.45, 2.75) is 19.9 Å². The fraction of sp³-hybridized carbons (Fsp3) is 0.250. The van der Waals surface area contributed by atoms with Gasteiger partial charge in [-0.1, -0.05) is 18.2 Å². The van der Waals surface area contributed by atoms with Gasteiger partial charge in [0.25, 0.3) is 5.91 Å². The topological polar surface area (TPSA) is 67.2 Å². The number of hydrogen-bond acceptors (Lipinski definition) is 4. The van der Waals surface area contributed by atoms with E-state index < -0.39 is 0 Å². The number of hydrogen-bond donors (Lipinski definition) is 2. The maximum Gasteiger partial charge on any atom is 0.261 e. The van der Waals surface area contributed by atoms with Crippen LogP contribution in [0.15, 0.2) is 36.4 Å². The first kappa shape index (κ1) is 14.7. The minimum absolute atomic E-state index is 0.0759. The van der Waals surface area contributed by atoms with Gasteiger partial charge >= 0.3 is 0 Å². The van der Waals surface area contributed by atoms with E-state index in [1.165, 1.54) is 11.3 Å². The van der Waals surface area contributed by atoms with Crippen LogP contribution in [-0.2, 0) is 0 Å². The summed E-state index contributed by atoms with van der Waals surface area (Å²) < 4.78 is 1.86. The Morgan fingerprint density at radius 3 is 2.82 bits per heavy atom. The van der Waals surface area contributed by atoms with Gasteiger partial charge in [-0.05, 0) is 32.0 Å². The molecule has 0 saturated heterocycles. The van der Waals surface area contributed by atoms with Gasteiger partial charge in [0, 0.05) is 11.4 Å². The fourth-order valence-corrected chi connectivity index (χ4v) is 3.33. The Labute approximate surface area is 132 Å². The largest absolute Gasteiger partial charge is 0.394 e. The van der Waals surface area contributed by atoms with Gasteiger partial charge in [0.05, 0.1) is 22.9 Å². The zero-order valence-corrected chi connectivity index (χ0v) is 13.2. The second-order valence-electron chi connectivity index (χ2n) is 5.22. The third-order valence-electron chi connectivity index (χ3n) is 3.42. The van der Waals surface area contributed by atoms with Crippen molar-refractivity contribution in [3.8, 4) is 5.69 Å². The van der Waals surface area contributed by atoms with Crippen molar-refractivity contribution in [1.82, 2.24) is 15.1 Å². The second-order valence-corrected chi connectivity index (χ2v) is 6.25. The lowest BCUT2D eigenvalue weighted by Crippen LogP contribution is -2.34. The molecule has 0 bridgehead atoms. The van der Waals surface area contributed by atoms with Crippen LogP contribution in [0.4, 0.5) is 0 Å². The molecule has 5 nitrogen and oxygen atoms in total. The molecule has 0 aliphatic heterocycles. The lowest BCUT2D eigenvalue weighted by molar-refractivity contribution is 0.0926. The summed E-state index contributed by atoms with van der Waals surface area (Å²) in [4.78, 5) is 13.8. The molecular weight excluding hydrogens is 298 g/mol. The van der Waals surface area contributed by atoms with E-state index >= 15 is 0 Å². The highest BCUT2D eigenvalue weighted by Crippen LogP contribution is 2.30. The van der Waals surface area contributed by atoms with Crippen molar-refractivity contribution in [2.75, 3.05) is 6.61 Å². The number of carbonyl (C=O) groups is 1. The molecule has 2 heterocycles. The Hall–Kier alpha value is -2.18. The van der Waals surface area contributed by atoms with Crippen LogP contribution in [0.5, 0.6) is 0 Å². The molecule has 1 amide bonds. The van der Waals surface area contributed by atoms with Gasteiger partial charge in [-0.15, -0.1) is 11.3 Å². The maximum atomic E-state index is 12.2. The number of aliphatic hydroxyl groups is 1. The van der Waals surface area contributed by atoms with E-state index in [1.54, 1.807) is 6.92 Å². The van der Waals surface area contributed by atoms with E-state index in [1.807, 2.05) is 48.0 Å². The van der Waals surface area contributed by atoms with Crippen LogP contribution in [0.2, 0.25) is 0 Å². The molecule has 1 aromatic carbocycles. The van der Waals surface area contributed by atoms with Crippen LogP contribution in [0.3, 0.4) is 0 Å². The molecule has 0 radical (unpaired) electrons. The van der Waals surface area contributed by atoms with Crippen molar-refractivity contribution in [3.63, 3.8) is 0 Å². The number of amides is 1. The number of rotatable bonds is 4. The predicted octanol–water partition coefficient (Wildman–Crippen LogP) is 2.51. The number of para-hydroxylation sites is 1. The monoisotopic (exact) mass is 315 g/mol. The van der Waals surface area contributed by atoms with Crippen LogP contribution in [0.25, 0.3) is 15.9 Å². The van der Waals surface area contributed by atoms with Crippen molar-refractivity contribution < 1.29 is 9.90 Å². The normalized spacial score (nSPS) is 12.5. The summed E-state index contributed by atoms with van der Waals surface area (Å²) in [6.07, 6.45) is 0. The summed E-state index contributed by atoms with van der Waals surface area (Å²) in [5.74, 6) is -0.165. The summed E-state index contributed by atoms with van der Waals surface area (Å²) >= 11 is 1.41. The molecule has 6 heteroatoms. The molecule has 3 aromatic rings. The molecule has 1 unspecified atom stereocenters. The number of thiophene rings is 1. The van der Waals surface area contributed by atoms with Gasteiger partial charge in [-0.3, -0.25) is 4.79 Å². The molecule has 0 aliphatic carbocycles. The predicted molar refractivity (Wildman–Crippen MR) is 87.7 cm³/mol. The smallest absolute Gasteiger partial charge is 0.261 e. The van der Waals surface area contributed by atoms with Crippen molar-refractivity contribution in [2.24, 2.45) is 0 Å². The first-order valence-corrected chi connectivity index (χ1v) is 7.88. The Morgan fingerprint density at radius 2 is 2.14 bits per heavy atom. The number of nitrogens with one attached hydrogen (secondary N) is 1. The zero-order valence-electron chi connectivity index (χ0n) is 12.4. The average Bonchev–Trinajstić information content (AvgIpc) is 3.09. The van der Waals surface area contributed by atoms with Crippen molar-refractivity contribution in [3.05, 3.63) is 47.0 Å². The molecule has 22 heavy (non-hydrogen) atoms. The molecule has 3 rings (SSSR count). The van der Waals surface area contributed by atoms with Crippen LogP contribution in [-0.4, -0.2) is 33.4 Å². The highest BCUT2D eigenvalue weighted by molar-refractivity contribution is 7.20. The lowest BCUT2D eigenvalue weighted by Gasteiger charge is -2.08. The third kappa shape index (κ3) is 2.63. The molecule has 114 valence electrons. The van der Waals surface area contributed by atoms with Gasteiger partial charge in [-0.2, -0.15) is 5.10 Å². The lowest BCUT2D eigenvalue weighted by atomic mass is 10.3. The number of aliphatic hydroxyl groups excluding tert-OH is 1. The van der Waals surface area contributed by atoms with Crippen LogP contribution in [0.1, 0.15) is 22.3 Å². The number of carbonyl (C=O) groups excluding carboxylic acids is 1. The molecule has 0 saturated carbocycles. The fourth-order valence-electron chi connectivity index (χ4n) is 2.24. The van der Waals surface area contributed by atoms with Crippen LogP contribution in [0, 0.1) is 6.92 Å². The number of benzene rings is 1. The van der Waals surface area contributed by atoms with E-state index in [2.05, 4.69) is 10.4 Å². The maximum absolute atomic E-state index is 12.2. The molecule has 2 aromatic heterocycles. The van der Waals surface area contributed by atoms with E-state index in [9.17, 15) is 4.79 Å². The minimum atomic E-state index is -0.260. The highest BCUT2D eigenvalue weighted by atomic mass is 32.1. The van der Waals surface area contributed by atoms with Gasteiger partial charge in [0.2, 0.25) is 0 Å². The molecule has 0 fully saturated rings. The summed E-state index contributed by atoms with van der Waals surface area (Å²) in [7, 11) is 0. The first-order chi connectivity index (χ1) is 10.6. The summed E-state index contributed by atoms with van der Waals surface area (Å²) in [6.45, 7) is 3.63. The summed E-state index contributed by atoms with van der Waals surface area (Å²) in [6, 6.07) is 11.5. The van der Waals surface area contributed by atoms with Crippen molar-refractivity contribution in [1.29, 1.82) is 0 Å². The number of aromatic nitrogens is 2. The van der Waals surface area contributed by atoms with Gasteiger partial charge in [-0.25, -0.2) is 4.68 Å². The Morgan fingerprint density at radius 1 is 1.41 bits per heavy atom. The summed E-state index contributed by atoms with van der Waals surface area (Å²) in [5.41, 5.74) is 1.86. The van der Waals surface area contributed by atoms with E-state index in [-0.39, 0.29) is 18.6 Å². The van der Waals surface area contributed by atoms with Crippen LogP contribution < -0.4 is 5.32 Å². The number of fused-ring (bicyclic) bond motifs is 1. The minimum Gasteiger partial charge on any atom is -0.394 e. The Bertz CT molecular complexity index is 808. The standard InChI is InChI=1S/C16H17N3O2S/c1-10(9-20)17-15(21)14-8-13-11(2)18-19(16(13)22-14)12-6-4-3-5-7-12/h3-8,10,20H,9H2,1-2H3,(H,17,21). The number of aryl methyl sites for hydroxylation is 1. The molecule has 0 spiro atoms. The molecular formula is C16H17N3O2S. The van der Waals surface area contributed by atoms with Gasteiger partial charge in [0.15, 0.2) is 0 Å². The molecule has 1 atom stereocenters. The second kappa shape index (κ2) is 5.90. The molecule has 2 N–H and O–H groups in total. The zero-order chi connectivity index (χ0) is 15.7. The quantitative estimate of drug-likeness (QED) is 0.777. The number of nitrogens with zero attached hydrogens (tertiary/aromatic N) is 2. The van der Waals surface area contributed by atoms with E-state index in [0.717, 1.165) is 21.6 Å². The SMILES string of the molecule is Cc1nn(-c2ccccc2)c2sc(C(=O)NC(C)CO)cc12. The molecule has 0 aliphatic rings. The van der Waals surface area contributed by atoms with Crippen molar-refractivity contribution >= 4 is 27.5 Å².